The Labute approximate surface area is 134 Å². The zero-order chi connectivity index (χ0) is 16.1. The molecule has 0 aliphatic carbocycles. The minimum Gasteiger partial charge on any atom is -0.496 e. The van der Waals surface area contributed by atoms with E-state index in [0.717, 1.165) is 10.5 Å². The number of carbonyl (C=O) groups is 1. The first-order chi connectivity index (χ1) is 10.5. The van der Waals surface area contributed by atoms with Crippen molar-refractivity contribution in [3.63, 3.8) is 0 Å². The number of rotatable bonds is 4. The molecule has 0 aliphatic heterocycles. The zero-order valence-corrected chi connectivity index (χ0v) is 13.2. The molecule has 0 unspecified atom stereocenters. The van der Waals surface area contributed by atoms with Gasteiger partial charge in [-0.05, 0) is 36.4 Å². The molecule has 1 N–H and O–H groups in total. The van der Waals surface area contributed by atoms with Crippen LogP contribution < -0.4 is 10.1 Å². The molecular formula is C16H12BrF2NO2. The van der Waals surface area contributed by atoms with Crippen LogP contribution in [-0.4, -0.2) is 13.0 Å². The highest BCUT2D eigenvalue weighted by atomic mass is 79.9. The smallest absolute Gasteiger partial charge is 0.248 e. The van der Waals surface area contributed by atoms with E-state index in [-0.39, 0.29) is 5.69 Å². The number of methoxy groups -OCH3 is 1. The largest absolute Gasteiger partial charge is 0.496 e. The van der Waals surface area contributed by atoms with Crippen LogP contribution in [0.15, 0.2) is 46.9 Å². The summed E-state index contributed by atoms with van der Waals surface area (Å²) in [5.41, 5.74) is 0.461. The van der Waals surface area contributed by atoms with Gasteiger partial charge in [0.1, 0.15) is 5.75 Å². The van der Waals surface area contributed by atoms with Crippen LogP contribution in [0.4, 0.5) is 14.5 Å². The summed E-state index contributed by atoms with van der Waals surface area (Å²) in [5, 5.41) is 2.28. The lowest BCUT2D eigenvalue weighted by Gasteiger charge is -2.06. The predicted octanol–water partition coefficient (Wildman–Crippen LogP) is 4.39. The predicted molar refractivity (Wildman–Crippen MR) is 84.7 cm³/mol. The fourth-order valence-corrected chi connectivity index (χ4v) is 2.15. The first-order valence-electron chi connectivity index (χ1n) is 6.28. The van der Waals surface area contributed by atoms with Gasteiger partial charge >= 0.3 is 0 Å². The van der Waals surface area contributed by atoms with Crippen molar-refractivity contribution in [3.8, 4) is 5.75 Å². The molecule has 22 heavy (non-hydrogen) atoms. The van der Waals surface area contributed by atoms with Crippen LogP contribution in [-0.2, 0) is 4.79 Å². The van der Waals surface area contributed by atoms with E-state index in [0.29, 0.717) is 11.3 Å². The minimum atomic E-state index is -1.09. The average Bonchev–Trinajstić information content (AvgIpc) is 2.50. The third kappa shape index (κ3) is 3.92. The van der Waals surface area contributed by atoms with E-state index < -0.39 is 17.5 Å². The van der Waals surface area contributed by atoms with E-state index in [1.165, 1.54) is 31.4 Å². The van der Waals surface area contributed by atoms with Crippen molar-refractivity contribution in [1.82, 2.24) is 0 Å². The summed E-state index contributed by atoms with van der Waals surface area (Å²) in [4.78, 5) is 11.8. The van der Waals surface area contributed by atoms with E-state index in [2.05, 4.69) is 21.2 Å². The Kier molecular flexibility index (Phi) is 5.27. The van der Waals surface area contributed by atoms with Crippen molar-refractivity contribution < 1.29 is 18.3 Å². The van der Waals surface area contributed by atoms with Gasteiger partial charge in [-0.15, -0.1) is 0 Å². The number of hydrogen-bond acceptors (Lipinski definition) is 2. The van der Waals surface area contributed by atoms with Crippen LogP contribution in [0.5, 0.6) is 5.75 Å². The van der Waals surface area contributed by atoms with Crippen molar-refractivity contribution >= 4 is 33.6 Å². The lowest BCUT2D eigenvalue weighted by molar-refractivity contribution is -0.111. The van der Waals surface area contributed by atoms with Gasteiger partial charge in [-0.1, -0.05) is 22.0 Å². The van der Waals surface area contributed by atoms with E-state index >= 15 is 0 Å². The molecular weight excluding hydrogens is 356 g/mol. The van der Waals surface area contributed by atoms with Crippen LogP contribution in [0, 0.1) is 11.6 Å². The highest BCUT2D eigenvalue weighted by Gasteiger charge is 2.09. The normalized spacial score (nSPS) is 10.7. The Balaban J connectivity index is 2.15. The molecule has 114 valence electrons. The Bertz CT molecular complexity index is 732. The van der Waals surface area contributed by atoms with Crippen LogP contribution in [0.3, 0.4) is 0 Å². The van der Waals surface area contributed by atoms with Gasteiger partial charge in [0.05, 0.1) is 12.8 Å². The fraction of sp³-hybridized carbons (Fsp3) is 0.0625. The van der Waals surface area contributed by atoms with Crippen molar-refractivity contribution in [2.24, 2.45) is 0 Å². The first kappa shape index (κ1) is 16.2. The number of anilines is 1. The molecule has 0 saturated carbocycles. The van der Waals surface area contributed by atoms with Crippen molar-refractivity contribution in [1.29, 1.82) is 0 Å². The average molecular weight is 368 g/mol. The number of carbonyl (C=O) groups excluding carboxylic acids is 1. The molecule has 0 fully saturated rings. The highest BCUT2D eigenvalue weighted by Crippen LogP contribution is 2.24. The summed E-state index contributed by atoms with van der Waals surface area (Å²) in [7, 11) is 1.52. The lowest BCUT2D eigenvalue weighted by Crippen LogP contribution is -2.09. The number of nitrogens with one attached hydrogen (secondary N) is 1. The van der Waals surface area contributed by atoms with Gasteiger partial charge in [0.25, 0.3) is 0 Å². The second-order valence-electron chi connectivity index (χ2n) is 4.31. The second kappa shape index (κ2) is 7.17. The van der Waals surface area contributed by atoms with Crippen molar-refractivity contribution in [2.45, 2.75) is 0 Å². The standard InChI is InChI=1S/C16H12BrF2NO2/c1-22-14-7-6-11(17)9-10(14)5-8-15(21)20-13-4-2-3-12(18)16(13)19/h2-9H,1H3,(H,20,21)/b8-5+. The van der Waals surface area contributed by atoms with Crippen LogP contribution in [0.1, 0.15) is 5.56 Å². The van der Waals surface area contributed by atoms with Gasteiger partial charge in [-0.25, -0.2) is 8.78 Å². The SMILES string of the molecule is COc1ccc(Br)cc1/C=C/C(=O)Nc1cccc(F)c1F. The van der Waals surface area contributed by atoms with Crippen LogP contribution >= 0.6 is 15.9 Å². The van der Waals surface area contributed by atoms with Gasteiger partial charge in [0, 0.05) is 16.1 Å². The van der Waals surface area contributed by atoms with Crippen LogP contribution in [0.2, 0.25) is 0 Å². The van der Waals surface area contributed by atoms with Crippen molar-refractivity contribution in [2.75, 3.05) is 12.4 Å². The molecule has 1 amide bonds. The van der Waals surface area contributed by atoms with Gasteiger partial charge in [0.2, 0.25) is 5.91 Å². The molecule has 0 atom stereocenters. The second-order valence-corrected chi connectivity index (χ2v) is 5.23. The summed E-state index contributed by atoms with van der Waals surface area (Å²) < 4.78 is 32.5. The number of benzene rings is 2. The molecule has 0 aromatic heterocycles. The molecule has 2 aromatic carbocycles. The van der Waals surface area contributed by atoms with Gasteiger partial charge in [0.15, 0.2) is 11.6 Å². The summed E-state index contributed by atoms with van der Waals surface area (Å²) in [6.07, 6.45) is 2.74. The Morgan fingerprint density at radius 3 is 2.77 bits per heavy atom. The van der Waals surface area contributed by atoms with Gasteiger partial charge in [-0.3, -0.25) is 4.79 Å². The van der Waals surface area contributed by atoms with Crippen molar-refractivity contribution in [3.05, 3.63) is 64.1 Å². The van der Waals surface area contributed by atoms with Crippen LogP contribution in [0.25, 0.3) is 6.08 Å². The maximum atomic E-state index is 13.5. The number of ether oxygens (including phenoxy) is 1. The quantitative estimate of drug-likeness (QED) is 0.813. The number of hydrogen-bond donors (Lipinski definition) is 1. The summed E-state index contributed by atoms with van der Waals surface area (Å²) >= 11 is 3.32. The third-order valence-electron chi connectivity index (χ3n) is 2.82. The molecule has 3 nitrogen and oxygen atoms in total. The molecule has 0 bridgehead atoms. The summed E-state index contributed by atoms with van der Waals surface area (Å²) in [5.74, 6) is -2.10. The molecule has 0 heterocycles. The number of amides is 1. The minimum absolute atomic E-state index is 0.212. The van der Waals surface area contributed by atoms with E-state index in [1.807, 2.05) is 0 Å². The maximum absolute atomic E-state index is 13.5. The topological polar surface area (TPSA) is 38.3 Å². The first-order valence-corrected chi connectivity index (χ1v) is 7.07. The summed E-state index contributed by atoms with van der Waals surface area (Å²) in [6.45, 7) is 0. The molecule has 6 heteroatoms. The summed E-state index contributed by atoms with van der Waals surface area (Å²) in [6, 6.07) is 8.89. The molecule has 0 aliphatic rings. The molecule has 0 spiro atoms. The molecule has 0 radical (unpaired) electrons. The molecule has 0 saturated heterocycles. The molecule has 2 aromatic rings. The van der Waals surface area contributed by atoms with E-state index in [9.17, 15) is 13.6 Å². The Hall–Kier alpha value is -2.21. The highest BCUT2D eigenvalue weighted by molar-refractivity contribution is 9.10. The molecule has 2 rings (SSSR count). The fourth-order valence-electron chi connectivity index (χ4n) is 1.78. The maximum Gasteiger partial charge on any atom is 0.248 e. The zero-order valence-electron chi connectivity index (χ0n) is 11.6. The van der Waals surface area contributed by atoms with E-state index in [4.69, 9.17) is 4.74 Å². The number of halogens is 3. The Morgan fingerprint density at radius 1 is 1.27 bits per heavy atom. The van der Waals surface area contributed by atoms with E-state index in [1.54, 1.807) is 18.2 Å². The monoisotopic (exact) mass is 367 g/mol. The third-order valence-corrected chi connectivity index (χ3v) is 3.31. The van der Waals surface area contributed by atoms with Gasteiger partial charge in [-0.2, -0.15) is 0 Å². The Morgan fingerprint density at radius 2 is 2.05 bits per heavy atom. The lowest BCUT2D eigenvalue weighted by atomic mass is 10.2. The van der Waals surface area contributed by atoms with Gasteiger partial charge < -0.3 is 10.1 Å².